The molecule has 1 fully saturated rings. The molecule has 0 atom stereocenters. The van der Waals surface area contributed by atoms with Crippen LogP contribution in [0.1, 0.15) is 5.56 Å². The van der Waals surface area contributed by atoms with Crippen LogP contribution in [0, 0.1) is 0 Å². The maximum atomic E-state index is 12.9. The molecule has 0 spiro atoms. The van der Waals surface area contributed by atoms with Crippen molar-refractivity contribution in [1.82, 2.24) is 4.90 Å². The number of fused-ring (bicyclic) bond motifs is 2. The normalized spacial score (nSPS) is 15.0. The Morgan fingerprint density at radius 1 is 0.867 bits per heavy atom. The largest absolute Gasteiger partial charge is 0.495 e. The number of methoxy groups -OCH3 is 1. The molecule has 0 N–H and O–H groups in total. The zero-order valence-corrected chi connectivity index (χ0v) is 17.0. The Bertz CT molecular complexity index is 1260. The maximum absolute atomic E-state index is 12.9. The van der Waals surface area contributed by atoms with Gasteiger partial charge in [0.05, 0.1) is 23.6 Å². The summed E-state index contributed by atoms with van der Waals surface area (Å²) in [6.45, 7) is 4.63. The zero-order chi connectivity index (χ0) is 20.5. The van der Waals surface area contributed by atoms with Crippen LogP contribution in [0.3, 0.4) is 0 Å². The lowest BCUT2D eigenvalue weighted by atomic mass is 10.1. The van der Waals surface area contributed by atoms with Crippen LogP contribution >= 0.6 is 0 Å². The molecule has 1 aliphatic heterocycles. The van der Waals surface area contributed by atoms with Crippen molar-refractivity contribution in [3.05, 3.63) is 82.5 Å². The lowest BCUT2D eigenvalue weighted by Gasteiger charge is -2.36. The maximum Gasteiger partial charge on any atom is 0.200 e. The van der Waals surface area contributed by atoms with Crippen molar-refractivity contribution in [2.45, 2.75) is 6.54 Å². The smallest absolute Gasteiger partial charge is 0.200 e. The summed E-state index contributed by atoms with van der Waals surface area (Å²) >= 11 is 0. The van der Waals surface area contributed by atoms with Gasteiger partial charge >= 0.3 is 0 Å². The summed E-state index contributed by atoms with van der Waals surface area (Å²) in [5, 5.41) is 1.28. The number of anilines is 1. The fraction of sp³-hybridized carbons (Fsp3) is 0.240. The van der Waals surface area contributed by atoms with Gasteiger partial charge in [-0.15, -0.1) is 0 Å². The van der Waals surface area contributed by atoms with E-state index in [1.807, 2.05) is 48.5 Å². The number of nitrogens with zero attached hydrogens (tertiary/aromatic N) is 2. The Kier molecular flexibility index (Phi) is 4.89. The molecule has 0 bridgehead atoms. The van der Waals surface area contributed by atoms with Gasteiger partial charge in [-0.3, -0.25) is 9.69 Å². The molecule has 0 saturated carbocycles. The van der Waals surface area contributed by atoms with Gasteiger partial charge in [0, 0.05) is 32.7 Å². The number of piperazine rings is 1. The first kappa shape index (κ1) is 18.7. The second kappa shape index (κ2) is 7.84. The number of benzene rings is 3. The highest BCUT2D eigenvalue weighted by Crippen LogP contribution is 2.28. The lowest BCUT2D eigenvalue weighted by Crippen LogP contribution is -2.46. The van der Waals surface area contributed by atoms with E-state index in [1.54, 1.807) is 7.11 Å². The Morgan fingerprint density at radius 3 is 2.43 bits per heavy atom. The van der Waals surface area contributed by atoms with E-state index >= 15 is 0 Å². The lowest BCUT2D eigenvalue weighted by molar-refractivity contribution is 0.249. The minimum Gasteiger partial charge on any atom is -0.495 e. The summed E-state index contributed by atoms with van der Waals surface area (Å²) in [6, 6.07) is 21.6. The standard InChI is InChI=1S/C25H24N2O3/c1-29-24-9-5-3-7-21(24)27-14-12-26(13-15-27)17-18-10-11-23-20(16-18)25(28)19-6-2-4-8-22(19)30-23/h2-11,16H,12-15,17H2,1H3. The van der Waals surface area contributed by atoms with E-state index in [4.69, 9.17) is 9.15 Å². The molecule has 30 heavy (non-hydrogen) atoms. The summed E-state index contributed by atoms with van der Waals surface area (Å²) < 4.78 is 11.4. The highest BCUT2D eigenvalue weighted by Gasteiger charge is 2.20. The summed E-state index contributed by atoms with van der Waals surface area (Å²) in [5.74, 6) is 0.916. The molecular weight excluding hydrogens is 376 g/mol. The zero-order valence-electron chi connectivity index (χ0n) is 17.0. The molecule has 0 radical (unpaired) electrons. The van der Waals surface area contributed by atoms with Crippen molar-refractivity contribution in [3.63, 3.8) is 0 Å². The van der Waals surface area contributed by atoms with Crippen LogP contribution in [0.5, 0.6) is 5.75 Å². The minimum absolute atomic E-state index is 0.0368. The van der Waals surface area contributed by atoms with Gasteiger partial charge in [0.2, 0.25) is 5.43 Å². The predicted molar refractivity (Wildman–Crippen MR) is 120 cm³/mol. The van der Waals surface area contributed by atoms with Gasteiger partial charge in [-0.1, -0.05) is 30.3 Å². The molecule has 5 rings (SSSR count). The van der Waals surface area contributed by atoms with E-state index in [0.29, 0.717) is 21.9 Å². The van der Waals surface area contributed by atoms with Crippen molar-refractivity contribution >= 4 is 27.6 Å². The first-order chi connectivity index (χ1) is 14.7. The summed E-state index contributed by atoms with van der Waals surface area (Å²) in [7, 11) is 1.72. The Labute approximate surface area is 175 Å². The Balaban J connectivity index is 1.33. The molecule has 152 valence electrons. The molecule has 0 amide bonds. The van der Waals surface area contributed by atoms with Crippen LogP contribution in [0.2, 0.25) is 0 Å². The number of ether oxygens (including phenoxy) is 1. The number of hydrogen-bond acceptors (Lipinski definition) is 5. The molecule has 1 saturated heterocycles. The SMILES string of the molecule is COc1ccccc1N1CCN(Cc2ccc3oc4ccccc4c(=O)c3c2)CC1. The van der Waals surface area contributed by atoms with Gasteiger partial charge in [0.15, 0.2) is 0 Å². The first-order valence-corrected chi connectivity index (χ1v) is 10.3. The van der Waals surface area contributed by atoms with E-state index in [0.717, 1.165) is 49.7 Å². The van der Waals surface area contributed by atoms with Crippen molar-refractivity contribution in [2.75, 3.05) is 38.2 Å². The third-order valence-corrected chi connectivity index (χ3v) is 5.84. The Hall–Kier alpha value is -3.31. The van der Waals surface area contributed by atoms with Gasteiger partial charge in [0.1, 0.15) is 16.9 Å². The number of rotatable bonds is 4. The predicted octanol–water partition coefficient (Wildman–Crippen LogP) is 4.28. The van der Waals surface area contributed by atoms with E-state index in [2.05, 4.69) is 28.0 Å². The summed E-state index contributed by atoms with van der Waals surface area (Å²) in [5.41, 5.74) is 3.60. The molecule has 0 unspecified atom stereocenters. The van der Waals surface area contributed by atoms with Crippen LogP contribution in [0.4, 0.5) is 5.69 Å². The molecule has 5 heteroatoms. The molecule has 3 aromatic carbocycles. The van der Waals surface area contributed by atoms with Crippen molar-refractivity contribution in [1.29, 1.82) is 0 Å². The number of para-hydroxylation sites is 3. The van der Waals surface area contributed by atoms with Gasteiger partial charge < -0.3 is 14.1 Å². The van der Waals surface area contributed by atoms with Gasteiger partial charge in [-0.25, -0.2) is 0 Å². The van der Waals surface area contributed by atoms with Gasteiger partial charge in [0.25, 0.3) is 0 Å². The van der Waals surface area contributed by atoms with Crippen LogP contribution in [-0.2, 0) is 6.54 Å². The summed E-state index contributed by atoms with van der Waals surface area (Å²) in [6.07, 6.45) is 0. The molecule has 0 aliphatic carbocycles. The van der Waals surface area contributed by atoms with Crippen LogP contribution in [0.25, 0.3) is 21.9 Å². The first-order valence-electron chi connectivity index (χ1n) is 10.3. The molecule has 1 aliphatic rings. The highest BCUT2D eigenvalue weighted by atomic mass is 16.5. The summed E-state index contributed by atoms with van der Waals surface area (Å²) in [4.78, 5) is 17.7. The highest BCUT2D eigenvalue weighted by molar-refractivity contribution is 5.89. The Morgan fingerprint density at radius 2 is 1.60 bits per heavy atom. The molecule has 1 aromatic heterocycles. The van der Waals surface area contributed by atoms with Crippen LogP contribution < -0.4 is 15.1 Å². The minimum atomic E-state index is 0.0368. The van der Waals surface area contributed by atoms with Crippen molar-refractivity contribution in [3.8, 4) is 5.75 Å². The van der Waals surface area contributed by atoms with E-state index in [1.165, 1.54) is 0 Å². The van der Waals surface area contributed by atoms with Gasteiger partial charge in [-0.05, 0) is 42.0 Å². The third-order valence-electron chi connectivity index (χ3n) is 5.84. The molecule has 4 aromatic rings. The number of hydrogen-bond donors (Lipinski definition) is 0. The quantitative estimate of drug-likeness (QED) is 0.479. The topological polar surface area (TPSA) is 45.9 Å². The fourth-order valence-corrected chi connectivity index (χ4v) is 4.24. The second-order valence-corrected chi connectivity index (χ2v) is 7.69. The van der Waals surface area contributed by atoms with E-state index in [-0.39, 0.29) is 5.43 Å². The average Bonchev–Trinajstić information content (AvgIpc) is 2.80. The second-order valence-electron chi connectivity index (χ2n) is 7.69. The molecule has 2 heterocycles. The van der Waals surface area contributed by atoms with Crippen LogP contribution in [0.15, 0.2) is 75.9 Å². The average molecular weight is 400 g/mol. The van der Waals surface area contributed by atoms with E-state index < -0.39 is 0 Å². The van der Waals surface area contributed by atoms with Crippen molar-refractivity contribution in [2.24, 2.45) is 0 Å². The van der Waals surface area contributed by atoms with Gasteiger partial charge in [-0.2, -0.15) is 0 Å². The molecule has 5 nitrogen and oxygen atoms in total. The van der Waals surface area contributed by atoms with Crippen molar-refractivity contribution < 1.29 is 9.15 Å². The third kappa shape index (κ3) is 3.42. The van der Waals surface area contributed by atoms with E-state index in [9.17, 15) is 4.79 Å². The molecular formula is C25H24N2O3. The van der Waals surface area contributed by atoms with Crippen LogP contribution in [-0.4, -0.2) is 38.2 Å². The monoisotopic (exact) mass is 400 g/mol. The fourth-order valence-electron chi connectivity index (χ4n) is 4.24.